The number of rotatable bonds is 16. The Morgan fingerprint density at radius 1 is 0.926 bits per heavy atom. The fourth-order valence-corrected chi connectivity index (χ4v) is 2.99. The number of aliphatic hydroxyl groups is 2. The van der Waals surface area contributed by atoms with E-state index in [1.54, 1.807) is 33.3 Å². The molecule has 0 radical (unpaired) electrons. The van der Waals surface area contributed by atoms with Crippen LogP contribution in [0.25, 0.3) is 0 Å². The van der Waals surface area contributed by atoms with Crippen molar-refractivity contribution < 1.29 is 29.4 Å². The van der Waals surface area contributed by atoms with Crippen molar-refractivity contribution in [1.29, 1.82) is 0 Å². The van der Waals surface area contributed by atoms with Crippen LogP contribution in [0.3, 0.4) is 0 Å². The largest absolute Gasteiger partial charge is 0.481 e. The Kier molecular flexibility index (Phi) is 12.9. The maximum atomic E-state index is 12.3. The molecule has 0 aliphatic carbocycles. The van der Waals surface area contributed by atoms with Crippen molar-refractivity contribution in [2.75, 3.05) is 34.3 Å². The minimum Gasteiger partial charge on any atom is -0.481 e. The van der Waals surface area contributed by atoms with Crippen LogP contribution in [0.5, 0.6) is 0 Å². The lowest BCUT2D eigenvalue weighted by atomic mass is 9.92. The molecule has 0 aliphatic heterocycles. The number of carbonyl (C=O) groups is 2. The van der Waals surface area contributed by atoms with E-state index in [9.17, 15) is 14.7 Å². The van der Waals surface area contributed by atoms with Gasteiger partial charge in [-0.2, -0.15) is 0 Å². The van der Waals surface area contributed by atoms with Crippen molar-refractivity contribution in [3.63, 3.8) is 0 Å². The highest BCUT2D eigenvalue weighted by Crippen LogP contribution is 2.17. The summed E-state index contributed by atoms with van der Waals surface area (Å²) in [7, 11) is 5.41. The fraction of sp³-hybridized carbons (Fsp3) is 0.714. The van der Waals surface area contributed by atoms with Gasteiger partial charge in [0, 0.05) is 6.61 Å². The Hall–Kier alpha value is -1.50. The quantitative estimate of drug-likeness (QED) is 0.165. The van der Waals surface area contributed by atoms with Crippen LogP contribution in [0.2, 0.25) is 0 Å². The zero-order chi connectivity index (χ0) is 20.8. The molecule has 3 N–H and O–H groups in total. The van der Waals surface area contributed by atoms with Gasteiger partial charge < -0.3 is 19.8 Å². The first-order chi connectivity index (χ1) is 12.6. The molecule has 0 aromatic carbocycles. The molecular weight excluding hydrogens is 346 g/mol. The molecule has 0 saturated heterocycles. The van der Waals surface area contributed by atoms with E-state index < -0.39 is 23.8 Å². The summed E-state index contributed by atoms with van der Waals surface area (Å²) >= 11 is 0. The van der Waals surface area contributed by atoms with E-state index in [2.05, 4.69) is 0 Å². The molecule has 0 amide bonds. The average molecular weight is 385 g/mol. The predicted octanol–water partition coefficient (Wildman–Crippen LogP) is 2.69. The van der Waals surface area contributed by atoms with Crippen molar-refractivity contribution in [3.05, 3.63) is 24.3 Å². The third-order valence-electron chi connectivity index (χ3n) is 4.16. The van der Waals surface area contributed by atoms with Gasteiger partial charge >= 0.3 is 5.97 Å². The maximum absolute atomic E-state index is 12.3. The van der Waals surface area contributed by atoms with E-state index in [1.165, 1.54) is 25.3 Å². The third-order valence-corrected chi connectivity index (χ3v) is 4.16. The number of carbonyl (C=O) groups excluding carboxylic acids is 1. The topological polar surface area (TPSA) is 94.8 Å². The molecule has 0 saturated carbocycles. The predicted molar refractivity (Wildman–Crippen MR) is 107 cm³/mol. The van der Waals surface area contributed by atoms with E-state index >= 15 is 0 Å². The van der Waals surface area contributed by atoms with Gasteiger partial charge in [0.15, 0.2) is 11.4 Å². The van der Waals surface area contributed by atoms with Gasteiger partial charge in [0.1, 0.15) is 6.54 Å². The smallest absolute Gasteiger partial charge is 0.307 e. The molecule has 0 aliphatic rings. The average Bonchev–Trinajstić information content (AvgIpc) is 2.53. The van der Waals surface area contributed by atoms with Gasteiger partial charge in [-0.25, -0.2) is 0 Å². The van der Waals surface area contributed by atoms with Crippen molar-refractivity contribution >= 4 is 11.8 Å². The number of likely N-dealkylation sites (N-methyl/N-ethyl adjacent to an activating group) is 1. The Balaban J connectivity index is 4.24. The number of aliphatic hydroxyl groups excluding tert-OH is 1. The number of hydrogen-bond donors (Lipinski definition) is 3. The first kappa shape index (κ1) is 25.5. The SMILES string of the molecule is C[N+](C)(C)CC(O)(CC(=O)O)C(=O)C=CC=CCCCCCCCCCO. The third kappa shape index (κ3) is 14.3. The van der Waals surface area contributed by atoms with E-state index in [1.807, 2.05) is 6.08 Å². The molecule has 1 atom stereocenters. The number of carboxylic acid groups (broad SMARTS) is 1. The molecular formula is C21H38NO5+. The molecule has 0 fully saturated rings. The van der Waals surface area contributed by atoms with E-state index in [0.29, 0.717) is 4.48 Å². The van der Waals surface area contributed by atoms with Crippen LogP contribution in [0.1, 0.15) is 57.8 Å². The van der Waals surface area contributed by atoms with E-state index in [-0.39, 0.29) is 13.2 Å². The second kappa shape index (κ2) is 13.6. The Morgan fingerprint density at radius 3 is 2.00 bits per heavy atom. The molecule has 0 heterocycles. The summed E-state index contributed by atoms with van der Waals surface area (Å²) in [4.78, 5) is 23.3. The number of hydrogen-bond acceptors (Lipinski definition) is 4. The molecule has 0 rings (SSSR count). The number of quaternary nitrogens is 1. The number of carboxylic acids is 1. The van der Waals surface area contributed by atoms with E-state index in [4.69, 9.17) is 10.2 Å². The lowest BCUT2D eigenvalue weighted by molar-refractivity contribution is -0.875. The molecule has 6 nitrogen and oxygen atoms in total. The number of allylic oxidation sites excluding steroid dienone is 3. The lowest BCUT2D eigenvalue weighted by Gasteiger charge is -2.33. The highest BCUT2D eigenvalue weighted by Gasteiger charge is 2.41. The zero-order valence-corrected chi connectivity index (χ0v) is 17.2. The summed E-state index contributed by atoms with van der Waals surface area (Å²) in [5.74, 6) is -1.77. The fourth-order valence-electron chi connectivity index (χ4n) is 2.99. The van der Waals surface area contributed by atoms with Crippen LogP contribution in [0.4, 0.5) is 0 Å². The van der Waals surface area contributed by atoms with Crippen LogP contribution in [0.15, 0.2) is 24.3 Å². The van der Waals surface area contributed by atoms with Crippen LogP contribution in [0, 0.1) is 0 Å². The summed E-state index contributed by atoms with van der Waals surface area (Å²) in [6.07, 6.45) is 14.7. The Labute approximate surface area is 163 Å². The highest BCUT2D eigenvalue weighted by atomic mass is 16.4. The van der Waals surface area contributed by atoms with Crippen molar-refractivity contribution in [1.82, 2.24) is 0 Å². The van der Waals surface area contributed by atoms with Gasteiger partial charge in [-0.3, -0.25) is 9.59 Å². The van der Waals surface area contributed by atoms with Gasteiger partial charge in [0.2, 0.25) is 0 Å². The van der Waals surface area contributed by atoms with E-state index in [0.717, 1.165) is 32.1 Å². The minimum atomic E-state index is -1.90. The second-order valence-corrected chi connectivity index (χ2v) is 8.19. The van der Waals surface area contributed by atoms with Gasteiger partial charge in [-0.05, 0) is 25.3 Å². The molecule has 0 spiro atoms. The zero-order valence-electron chi connectivity index (χ0n) is 17.2. The molecule has 1 unspecified atom stereocenters. The Morgan fingerprint density at radius 2 is 1.48 bits per heavy atom. The maximum Gasteiger partial charge on any atom is 0.307 e. The van der Waals surface area contributed by atoms with Crippen molar-refractivity contribution in [3.8, 4) is 0 Å². The highest BCUT2D eigenvalue weighted by molar-refractivity contribution is 5.99. The van der Waals surface area contributed by atoms with Crippen LogP contribution >= 0.6 is 0 Å². The summed E-state index contributed by atoms with van der Waals surface area (Å²) in [5, 5.41) is 28.2. The standard InChI is InChI=1S/C21H37NO5/c1-22(2,3)18-21(27,17-20(25)26)19(24)15-13-11-9-7-5-4-6-8-10-12-14-16-23/h9,11,13,15,23,27H,4-8,10,12,14,16-18H2,1-3H3/p+1. The normalized spacial score (nSPS) is 14.7. The number of nitrogens with zero attached hydrogens (tertiary/aromatic N) is 1. The molecule has 27 heavy (non-hydrogen) atoms. The minimum absolute atomic E-state index is 0.0322. The molecule has 0 aromatic heterocycles. The van der Waals surface area contributed by atoms with Crippen LogP contribution < -0.4 is 0 Å². The number of unbranched alkanes of at least 4 members (excludes halogenated alkanes) is 7. The Bertz CT molecular complexity index is 493. The summed E-state index contributed by atoms with van der Waals surface area (Å²) in [6, 6.07) is 0. The lowest BCUT2D eigenvalue weighted by Crippen LogP contribution is -2.54. The van der Waals surface area contributed by atoms with Crippen molar-refractivity contribution in [2.24, 2.45) is 0 Å². The van der Waals surface area contributed by atoms with Crippen LogP contribution in [-0.2, 0) is 9.59 Å². The summed E-state index contributed by atoms with van der Waals surface area (Å²) < 4.78 is 0.291. The van der Waals surface area contributed by atoms with Gasteiger partial charge in [0.25, 0.3) is 0 Å². The first-order valence-electron chi connectivity index (χ1n) is 9.84. The number of ketones is 1. The van der Waals surface area contributed by atoms with Gasteiger partial charge in [0.05, 0.1) is 27.6 Å². The molecule has 0 bridgehead atoms. The van der Waals surface area contributed by atoms with Crippen molar-refractivity contribution in [2.45, 2.75) is 63.4 Å². The number of aliphatic carboxylic acids is 1. The first-order valence-corrected chi connectivity index (χ1v) is 9.84. The monoisotopic (exact) mass is 384 g/mol. The second-order valence-electron chi connectivity index (χ2n) is 8.19. The molecule has 0 aromatic rings. The van der Waals surface area contributed by atoms with Crippen LogP contribution in [-0.4, -0.2) is 71.5 Å². The summed E-state index contributed by atoms with van der Waals surface area (Å²) in [5.41, 5.74) is -1.90. The summed E-state index contributed by atoms with van der Waals surface area (Å²) in [6.45, 7) is 0.314. The van der Waals surface area contributed by atoms with Gasteiger partial charge in [-0.1, -0.05) is 50.3 Å². The van der Waals surface area contributed by atoms with Gasteiger partial charge in [-0.15, -0.1) is 0 Å². The molecule has 6 heteroatoms. The molecule has 156 valence electrons.